The van der Waals surface area contributed by atoms with E-state index in [0.717, 1.165) is 0 Å². The first kappa shape index (κ1) is 12.0. The molecule has 0 aliphatic heterocycles. The number of alkyl halides is 3. The molecule has 82 valence electrons. The van der Waals surface area contributed by atoms with E-state index >= 15 is 0 Å². The zero-order chi connectivity index (χ0) is 11.5. The summed E-state index contributed by atoms with van der Waals surface area (Å²) in [4.78, 5) is 0.583. The van der Waals surface area contributed by atoms with Crippen LogP contribution in [0, 0.1) is 0 Å². The summed E-state index contributed by atoms with van der Waals surface area (Å²) in [5.41, 5.74) is 0.678. The highest BCUT2D eigenvalue weighted by Gasteiger charge is 2.31. The van der Waals surface area contributed by atoms with Crippen molar-refractivity contribution in [2.45, 2.75) is 12.8 Å². The molecule has 0 aromatic heterocycles. The van der Waals surface area contributed by atoms with Crippen molar-refractivity contribution in [3.8, 4) is 5.75 Å². The van der Waals surface area contributed by atoms with Crippen molar-refractivity contribution in [3.63, 3.8) is 0 Å². The quantitative estimate of drug-likeness (QED) is 0.786. The van der Waals surface area contributed by atoms with Crippen LogP contribution in [0.1, 0.15) is 5.56 Å². The number of hydrogen-bond donors (Lipinski definition) is 1. The molecule has 0 unspecified atom stereocenters. The molecular weight excluding hydrogens is 225 g/mol. The first-order valence-electron chi connectivity index (χ1n) is 4.08. The van der Waals surface area contributed by atoms with Crippen LogP contribution in [0.5, 0.6) is 5.75 Å². The van der Waals surface area contributed by atoms with Crippen molar-refractivity contribution in [1.82, 2.24) is 0 Å². The summed E-state index contributed by atoms with van der Waals surface area (Å²) in [6.45, 7) is 3.56. The lowest BCUT2D eigenvalue weighted by molar-refractivity contribution is -0.274. The molecule has 0 atom stereocenters. The minimum absolute atomic E-state index is 0.227. The molecule has 0 N–H and O–H groups in total. The van der Waals surface area contributed by atoms with E-state index in [0.29, 0.717) is 16.9 Å². The van der Waals surface area contributed by atoms with E-state index in [2.05, 4.69) is 23.9 Å². The molecule has 0 fully saturated rings. The number of hydrogen-bond acceptors (Lipinski definition) is 2. The Morgan fingerprint density at radius 2 is 2.07 bits per heavy atom. The van der Waals surface area contributed by atoms with Crippen molar-refractivity contribution in [2.24, 2.45) is 0 Å². The van der Waals surface area contributed by atoms with Crippen molar-refractivity contribution < 1.29 is 17.9 Å². The molecule has 1 aromatic rings. The van der Waals surface area contributed by atoms with Gasteiger partial charge in [0.2, 0.25) is 0 Å². The van der Waals surface area contributed by atoms with Gasteiger partial charge in [-0.2, -0.15) is 0 Å². The summed E-state index contributed by atoms with van der Waals surface area (Å²) < 4.78 is 39.4. The molecule has 0 saturated heterocycles. The monoisotopic (exact) mass is 234 g/mol. The van der Waals surface area contributed by atoms with Crippen LogP contribution in [0.2, 0.25) is 0 Å². The largest absolute Gasteiger partial charge is 0.573 e. The van der Waals surface area contributed by atoms with Gasteiger partial charge in [0.1, 0.15) is 5.75 Å². The van der Waals surface area contributed by atoms with E-state index in [4.69, 9.17) is 0 Å². The molecule has 0 saturated carbocycles. The van der Waals surface area contributed by atoms with Crippen LogP contribution >= 0.6 is 12.6 Å². The van der Waals surface area contributed by atoms with Crippen LogP contribution in [0.15, 0.2) is 35.7 Å². The van der Waals surface area contributed by atoms with Gasteiger partial charge in [-0.1, -0.05) is 18.7 Å². The zero-order valence-corrected chi connectivity index (χ0v) is 8.61. The van der Waals surface area contributed by atoms with Gasteiger partial charge in [0, 0.05) is 6.42 Å². The second-order valence-corrected chi connectivity index (χ2v) is 3.57. The Labute approximate surface area is 91.0 Å². The summed E-state index contributed by atoms with van der Waals surface area (Å²) in [6, 6.07) is 5.74. The lowest BCUT2D eigenvalue weighted by Gasteiger charge is -2.09. The smallest absolute Gasteiger partial charge is 0.406 e. The van der Waals surface area contributed by atoms with Crippen molar-refractivity contribution >= 4 is 12.6 Å². The van der Waals surface area contributed by atoms with Gasteiger partial charge >= 0.3 is 6.36 Å². The second kappa shape index (κ2) is 4.61. The summed E-state index contributed by atoms with van der Waals surface area (Å²) in [5.74, 6) is -0.227. The minimum Gasteiger partial charge on any atom is -0.406 e. The Morgan fingerprint density at radius 1 is 1.40 bits per heavy atom. The van der Waals surface area contributed by atoms with E-state index in [1.807, 2.05) is 0 Å². The number of thiol groups is 1. The molecular formula is C10H9F3OS. The first-order chi connectivity index (χ1) is 6.87. The maximum Gasteiger partial charge on any atom is 0.573 e. The van der Waals surface area contributed by atoms with Gasteiger partial charge in [-0.3, -0.25) is 0 Å². The summed E-state index contributed by atoms with van der Waals surface area (Å²) >= 11 is 3.97. The van der Waals surface area contributed by atoms with Gasteiger partial charge < -0.3 is 4.74 Å². The highest BCUT2D eigenvalue weighted by atomic mass is 32.1. The van der Waals surface area contributed by atoms with Crippen molar-refractivity contribution in [3.05, 3.63) is 41.3 Å². The van der Waals surface area contributed by atoms with Crippen LogP contribution < -0.4 is 4.74 Å². The topological polar surface area (TPSA) is 9.23 Å². The van der Waals surface area contributed by atoms with Gasteiger partial charge in [0.05, 0.1) is 0 Å². The van der Waals surface area contributed by atoms with Crippen LogP contribution in [0.25, 0.3) is 0 Å². The molecule has 1 nitrogen and oxygen atoms in total. The van der Waals surface area contributed by atoms with E-state index in [-0.39, 0.29) is 5.75 Å². The Balaban J connectivity index is 2.79. The molecule has 15 heavy (non-hydrogen) atoms. The fourth-order valence-electron chi connectivity index (χ4n) is 1.09. The van der Waals surface area contributed by atoms with E-state index in [9.17, 15) is 13.2 Å². The molecule has 0 heterocycles. The average molecular weight is 234 g/mol. The van der Waals surface area contributed by atoms with Crippen LogP contribution in [0.3, 0.4) is 0 Å². The molecule has 0 aliphatic carbocycles. The molecule has 0 bridgehead atoms. The maximum atomic E-state index is 11.9. The maximum absolute atomic E-state index is 11.9. The number of allylic oxidation sites excluding steroid dienone is 1. The molecule has 0 spiro atoms. The highest BCUT2D eigenvalue weighted by Crippen LogP contribution is 2.24. The van der Waals surface area contributed by atoms with E-state index < -0.39 is 6.36 Å². The summed E-state index contributed by atoms with van der Waals surface area (Å²) in [5, 5.41) is 0. The molecule has 1 rings (SSSR count). The lowest BCUT2D eigenvalue weighted by Crippen LogP contribution is -2.17. The standard InChI is InChI=1S/C10H9F3OS/c1-7(15)5-8-3-2-4-9(6-8)14-10(11,12)13/h2-4,6,15H,1,5H2. The Morgan fingerprint density at radius 3 is 2.60 bits per heavy atom. The third-order valence-corrected chi connectivity index (χ3v) is 1.70. The molecule has 0 amide bonds. The molecule has 5 heteroatoms. The predicted octanol–water partition coefficient (Wildman–Crippen LogP) is 3.57. The van der Waals surface area contributed by atoms with E-state index in [1.54, 1.807) is 6.07 Å². The number of rotatable bonds is 3. The highest BCUT2D eigenvalue weighted by molar-refractivity contribution is 7.84. The first-order valence-corrected chi connectivity index (χ1v) is 4.53. The Kier molecular flexibility index (Phi) is 3.68. The fraction of sp³-hybridized carbons (Fsp3) is 0.200. The minimum atomic E-state index is -4.66. The normalized spacial score (nSPS) is 11.2. The van der Waals surface area contributed by atoms with Gasteiger partial charge in [-0.15, -0.1) is 25.8 Å². The van der Waals surface area contributed by atoms with Gasteiger partial charge in [-0.25, -0.2) is 0 Å². The predicted molar refractivity (Wildman–Crippen MR) is 55.0 cm³/mol. The summed E-state index contributed by atoms with van der Waals surface area (Å²) in [6.07, 6.45) is -4.24. The van der Waals surface area contributed by atoms with Gasteiger partial charge in [-0.05, 0) is 22.6 Å². The van der Waals surface area contributed by atoms with Crippen LogP contribution in [-0.4, -0.2) is 6.36 Å². The summed E-state index contributed by atoms with van der Waals surface area (Å²) in [7, 11) is 0. The van der Waals surface area contributed by atoms with Crippen molar-refractivity contribution in [1.29, 1.82) is 0 Å². The van der Waals surface area contributed by atoms with Crippen molar-refractivity contribution in [2.75, 3.05) is 0 Å². The molecule has 0 radical (unpaired) electrons. The SMILES string of the molecule is C=C(S)Cc1cccc(OC(F)(F)F)c1. The molecule has 1 aromatic carbocycles. The average Bonchev–Trinajstić information content (AvgIpc) is 1.99. The van der Waals surface area contributed by atoms with Crippen LogP contribution in [0.4, 0.5) is 13.2 Å². The van der Waals surface area contributed by atoms with Crippen LogP contribution in [-0.2, 0) is 6.42 Å². The Bertz CT molecular complexity index is 360. The Hall–Kier alpha value is -1.10. The second-order valence-electron chi connectivity index (χ2n) is 2.94. The number of ether oxygens (including phenoxy) is 1. The van der Waals surface area contributed by atoms with Gasteiger partial charge in [0.25, 0.3) is 0 Å². The molecule has 0 aliphatic rings. The third kappa shape index (κ3) is 4.78. The third-order valence-electron chi connectivity index (χ3n) is 1.54. The number of halogens is 3. The number of benzene rings is 1. The van der Waals surface area contributed by atoms with E-state index in [1.165, 1.54) is 18.2 Å². The lowest BCUT2D eigenvalue weighted by atomic mass is 10.1. The van der Waals surface area contributed by atoms with Gasteiger partial charge in [0.15, 0.2) is 0 Å². The fourth-order valence-corrected chi connectivity index (χ4v) is 1.27. The zero-order valence-electron chi connectivity index (χ0n) is 7.71.